The molecule has 1 aliphatic rings. The number of nitrogens with zero attached hydrogens (tertiary/aromatic N) is 1. The van der Waals surface area contributed by atoms with E-state index in [1.165, 1.54) is 25.7 Å². The van der Waals surface area contributed by atoms with Gasteiger partial charge >= 0.3 is 0 Å². The summed E-state index contributed by atoms with van der Waals surface area (Å²) < 4.78 is 5.68. The lowest BCUT2D eigenvalue weighted by Crippen LogP contribution is -2.26. The molecule has 4 nitrogen and oxygen atoms in total. The average molecular weight is 245 g/mol. The molecule has 1 aromatic carbocycles. The molecule has 96 valence electrons. The third kappa shape index (κ3) is 2.28. The van der Waals surface area contributed by atoms with E-state index in [1.54, 1.807) is 0 Å². The van der Waals surface area contributed by atoms with Crippen molar-refractivity contribution in [3.05, 3.63) is 18.2 Å². The van der Waals surface area contributed by atoms with Gasteiger partial charge in [0.15, 0.2) is 5.58 Å². The van der Waals surface area contributed by atoms with Gasteiger partial charge in [0.05, 0.1) is 0 Å². The molecule has 2 unspecified atom stereocenters. The van der Waals surface area contributed by atoms with E-state index in [1.807, 2.05) is 18.2 Å². The molecule has 0 bridgehead atoms. The molecular weight excluding hydrogens is 226 g/mol. The SMILES string of the molecule is CC1CCCC(Nc2nc3ccc(N)cc3o2)C1. The molecule has 1 aromatic heterocycles. The minimum atomic E-state index is 0.485. The van der Waals surface area contributed by atoms with Crippen molar-refractivity contribution in [2.45, 2.75) is 38.6 Å². The van der Waals surface area contributed by atoms with Gasteiger partial charge in [0.1, 0.15) is 5.52 Å². The Balaban J connectivity index is 1.78. The molecule has 2 atom stereocenters. The van der Waals surface area contributed by atoms with Gasteiger partial charge in [0.2, 0.25) is 0 Å². The summed E-state index contributed by atoms with van der Waals surface area (Å²) in [6, 6.07) is 6.66. The van der Waals surface area contributed by atoms with Crippen molar-refractivity contribution in [3.63, 3.8) is 0 Å². The Morgan fingerprint density at radius 3 is 3.11 bits per heavy atom. The van der Waals surface area contributed by atoms with E-state index in [2.05, 4.69) is 17.2 Å². The third-order valence-corrected chi connectivity index (χ3v) is 3.68. The van der Waals surface area contributed by atoms with Gasteiger partial charge in [-0.2, -0.15) is 4.98 Å². The average Bonchev–Trinajstić information content (AvgIpc) is 2.70. The van der Waals surface area contributed by atoms with Crippen molar-refractivity contribution < 1.29 is 4.42 Å². The second-order valence-corrected chi connectivity index (χ2v) is 5.36. The number of hydrogen-bond donors (Lipinski definition) is 2. The Labute approximate surface area is 107 Å². The zero-order chi connectivity index (χ0) is 12.5. The van der Waals surface area contributed by atoms with Crippen LogP contribution < -0.4 is 11.1 Å². The highest BCUT2D eigenvalue weighted by atomic mass is 16.4. The number of rotatable bonds is 2. The lowest BCUT2D eigenvalue weighted by Gasteiger charge is -2.26. The minimum Gasteiger partial charge on any atom is -0.423 e. The Kier molecular flexibility index (Phi) is 2.86. The summed E-state index contributed by atoms with van der Waals surface area (Å²) in [5, 5.41) is 3.40. The van der Waals surface area contributed by atoms with E-state index in [9.17, 15) is 0 Å². The highest BCUT2D eigenvalue weighted by molar-refractivity contribution is 5.78. The molecular formula is C14H19N3O. The number of aromatic nitrogens is 1. The third-order valence-electron chi connectivity index (χ3n) is 3.68. The van der Waals surface area contributed by atoms with Gasteiger partial charge in [-0.1, -0.05) is 19.8 Å². The first kappa shape index (κ1) is 11.4. The van der Waals surface area contributed by atoms with Crippen LogP contribution in [0.3, 0.4) is 0 Å². The number of hydrogen-bond acceptors (Lipinski definition) is 4. The normalized spacial score (nSPS) is 24.3. The molecule has 4 heteroatoms. The molecule has 3 rings (SSSR count). The van der Waals surface area contributed by atoms with E-state index < -0.39 is 0 Å². The standard InChI is InChI=1S/C14H19N3O/c1-9-3-2-4-11(7-9)16-14-17-12-6-5-10(15)8-13(12)18-14/h5-6,8-9,11H,2-4,7,15H2,1H3,(H,16,17). The van der Waals surface area contributed by atoms with Gasteiger partial charge in [0.25, 0.3) is 6.01 Å². The van der Waals surface area contributed by atoms with E-state index in [0.29, 0.717) is 17.7 Å². The minimum absolute atomic E-state index is 0.485. The first-order valence-corrected chi connectivity index (χ1v) is 6.63. The summed E-state index contributed by atoms with van der Waals surface area (Å²) >= 11 is 0. The van der Waals surface area contributed by atoms with Crippen LogP contribution >= 0.6 is 0 Å². The van der Waals surface area contributed by atoms with Crippen LogP contribution in [0.5, 0.6) is 0 Å². The maximum Gasteiger partial charge on any atom is 0.295 e. The van der Waals surface area contributed by atoms with Crippen LogP contribution in [-0.4, -0.2) is 11.0 Å². The van der Waals surface area contributed by atoms with E-state index in [4.69, 9.17) is 10.2 Å². The number of nitrogens with two attached hydrogens (primary N) is 1. The van der Waals surface area contributed by atoms with Crippen molar-refractivity contribution in [2.24, 2.45) is 5.92 Å². The molecule has 1 aliphatic carbocycles. The summed E-state index contributed by atoms with van der Waals surface area (Å²) in [5.41, 5.74) is 8.04. The molecule has 1 fully saturated rings. The van der Waals surface area contributed by atoms with Crippen molar-refractivity contribution in [1.82, 2.24) is 4.98 Å². The number of anilines is 2. The zero-order valence-electron chi connectivity index (χ0n) is 10.6. The summed E-state index contributed by atoms with van der Waals surface area (Å²) in [6.45, 7) is 2.31. The summed E-state index contributed by atoms with van der Waals surface area (Å²) in [6.07, 6.45) is 5.01. The number of nitrogen functional groups attached to an aromatic ring is 1. The van der Waals surface area contributed by atoms with Gasteiger partial charge in [-0.25, -0.2) is 0 Å². The number of nitrogens with one attached hydrogen (secondary N) is 1. The second kappa shape index (κ2) is 4.52. The molecule has 1 heterocycles. The fourth-order valence-corrected chi connectivity index (χ4v) is 2.74. The van der Waals surface area contributed by atoms with Crippen LogP contribution in [0.15, 0.2) is 22.6 Å². The maximum atomic E-state index is 5.73. The summed E-state index contributed by atoms with van der Waals surface area (Å²) in [7, 11) is 0. The van der Waals surface area contributed by atoms with Crippen molar-refractivity contribution in [1.29, 1.82) is 0 Å². The van der Waals surface area contributed by atoms with E-state index >= 15 is 0 Å². The van der Waals surface area contributed by atoms with Crippen LogP contribution in [0.4, 0.5) is 11.7 Å². The Bertz CT molecular complexity index is 549. The van der Waals surface area contributed by atoms with Crippen LogP contribution in [0.2, 0.25) is 0 Å². The van der Waals surface area contributed by atoms with Crippen LogP contribution in [0.25, 0.3) is 11.1 Å². The molecule has 0 saturated heterocycles. The lowest BCUT2D eigenvalue weighted by atomic mass is 9.87. The van der Waals surface area contributed by atoms with Crippen LogP contribution in [0, 0.1) is 5.92 Å². The predicted molar refractivity (Wildman–Crippen MR) is 73.5 cm³/mol. The summed E-state index contributed by atoms with van der Waals surface area (Å²) in [4.78, 5) is 4.44. The van der Waals surface area contributed by atoms with Crippen LogP contribution in [0.1, 0.15) is 32.6 Å². The van der Waals surface area contributed by atoms with Gasteiger partial charge in [-0.3, -0.25) is 0 Å². The first-order chi connectivity index (χ1) is 8.70. The number of oxazole rings is 1. The molecule has 1 saturated carbocycles. The van der Waals surface area contributed by atoms with E-state index in [0.717, 1.165) is 17.0 Å². The highest BCUT2D eigenvalue weighted by Gasteiger charge is 2.20. The lowest BCUT2D eigenvalue weighted by molar-refractivity contribution is 0.354. The second-order valence-electron chi connectivity index (χ2n) is 5.36. The topological polar surface area (TPSA) is 64.1 Å². The molecule has 0 spiro atoms. The molecule has 0 amide bonds. The Hall–Kier alpha value is -1.71. The molecule has 0 aliphatic heterocycles. The van der Waals surface area contributed by atoms with Crippen molar-refractivity contribution in [2.75, 3.05) is 11.1 Å². The van der Waals surface area contributed by atoms with Gasteiger partial charge in [-0.15, -0.1) is 0 Å². The molecule has 0 radical (unpaired) electrons. The first-order valence-electron chi connectivity index (χ1n) is 6.63. The summed E-state index contributed by atoms with van der Waals surface area (Å²) in [5.74, 6) is 0.788. The highest BCUT2D eigenvalue weighted by Crippen LogP contribution is 2.27. The fourth-order valence-electron chi connectivity index (χ4n) is 2.74. The maximum absolute atomic E-state index is 5.73. The van der Waals surface area contributed by atoms with E-state index in [-0.39, 0.29) is 0 Å². The smallest absolute Gasteiger partial charge is 0.295 e. The monoisotopic (exact) mass is 245 g/mol. The molecule has 18 heavy (non-hydrogen) atoms. The Morgan fingerprint density at radius 2 is 2.28 bits per heavy atom. The van der Waals surface area contributed by atoms with Crippen molar-refractivity contribution >= 4 is 22.8 Å². The van der Waals surface area contributed by atoms with Gasteiger partial charge < -0.3 is 15.5 Å². The van der Waals surface area contributed by atoms with Gasteiger partial charge in [0, 0.05) is 17.8 Å². The Morgan fingerprint density at radius 1 is 1.39 bits per heavy atom. The number of benzene rings is 1. The van der Waals surface area contributed by atoms with Gasteiger partial charge in [-0.05, 0) is 30.9 Å². The predicted octanol–water partition coefficient (Wildman–Crippen LogP) is 3.40. The molecule has 3 N–H and O–H groups in total. The fraction of sp³-hybridized carbons (Fsp3) is 0.500. The van der Waals surface area contributed by atoms with Crippen molar-refractivity contribution in [3.8, 4) is 0 Å². The number of fused-ring (bicyclic) bond motifs is 1. The largest absolute Gasteiger partial charge is 0.423 e. The van der Waals surface area contributed by atoms with Crippen LogP contribution in [-0.2, 0) is 0 Å². The zero-order valence-corrected chi connectivity index (χ0v) is 10.6. The molecule has 2 aromatic rings. The quantitative estimate of drug-likeness (QED) is 0.796.